The van der Waals surface area contributed by atoms with Crippen molar-refractivity contribution >= 4 is 46.9 Å². The van der Waals surface area contributed by atoms with E-state index in [0.717, 1.165) is 17.3 Å². The molecule has 0 unspecified atom stereocenters. The predicted octanol–water partition coefficient (Wildman–Crippen LogP) is 4.09. The number of ether oxygens (including phenoxy) is 2. The Morgan fingerprint density at radius 2 is 1.88 bits per heavy atom. The summed E-state index contributed by atoms with van der Waals surface area (Å²) in [5.41, 5.74) is 1.19. The molecule has 9 nitrogen and oxygen atoms in total. The third kappa shape index (κ3) is 5.83. The Bertz CT molecular complexity index is 1240. The van der Waals surface area contributed by atoms with Crippen molar-refractivity contribution in [3.63, 3.8) is 0 Å². The third-order valence-electron chi connectivity index (χ3n) is 4.56. The quantitative estimate of drug-likeness (QED) is 0.265. The molecule has 0 spiro atoms. The van der Waals surface area contributed by atoms with Crippen LogP contribution in [0, 0.1) is 0 Å². The first-order valence-electron chi connectivity index (χ1n) is 9.91. The molecule has 1 amide bonds. The van der Waals surface area contributed by atoms with Crippen molar-refractivity contribution in [3.05, 3.63) is 71.3 Å². The smallest absolute Gasteiger partial charge is 0.339 e. The van der Waals surface area contributed by atoms with Gasteiger partial charge in [-0.15, -0.1) is 16.8 Å². The van der Waals surface area contributed by atoms with Crippen molar-refractivity contribution in [1.82, 2.24) is 14.8 Å². The number of benzene rings is 2. The zero-order chi connectivity index (χ0) is 24.7. The van der Waals surface area contributed by atoms with E-state index in [-0.39, 0.29) is 22.6 Å². The lowest BCUT2D eigenvalue weighted by Gasteiger charge is -2.12. The average Bonchev–Trinajstić information content (AvgIpc) is 3.24. The lowest BCUT2D eigenvalue weighted by atomic mass is 10.1. The van der Waals surface area contributed by atoms with Crippen LogP contribution < -0.4 is 5.32 Å². The second kappa shape index (κ2) is 11.5. The van der Waals surface area contributed by atoms with E-state index in [0.29, 0.717) is 22.5 Å². The van der Waals surface area contributed by atoms with Gasteiger partial charge < -0.3 is 14.8 Å². The number of halogens is 1. The highest BCUT2D eigenvalue weighted by Gasteiger charge is 2.19. The van der Waals surface area contributed by atoms with E-state index in [1.807, 2.05) is 16.7 Å². The topological polar surface area (TPSA) is 112 Å². The Morgan fingerprint density at radius 3 is 2.56 bits per heavy atom. The molecule has 1 aromatic heterocycles. The van der Waals surface area contributed by atoms with Gasteiger partial charge in [0.15, 0.2) is 11.0 Å². The average molecular weight is 501 g/mol. The number of rotatable bonds is 9. The molecule has 0 radical (unpaired) electrons. The van der Waals surface area contributed by atoms with Gasteiger partial charge in [0.05, 0.1) is 36.8 Å². The number of aromatic nitrogens is 3. The van der Waals surface area contributed by atoms with Crippen LogP contribution in [0.15, 0.2) is 60.3 Å². The third-order valence-corrected chi connectivity index (χ3v) is 5.77. The molecule has 3 rings (SSSR count). The maximum absolute atomic E-state index is 12.7. The molecular weight excluding hydrogens is 480 g/mol. The maximum Gasteiger partial charge on any atom is 0.339 e. The number of esters is 2. The van der Waals surface area contributed by atoms with E-state index in [1.54, 1.807) is 18.2 Å². The van der Waals surface area contributed by atoms with Crippen molar-refractivity contribution < 1.29 is 23.9 Å². The van der Waals surface area contributed by atoms with E-state index in [4.69, 9.17) is 21.1 Å². The highest BCUT2D eigenvalue weighted by atomic mass is 35.5. The maximum atomic E-state index is 12.7. The van der Waals surface area contributed by atoms with Gasteiger partial charge in [-0.05, 0) is 30.3 Å². The molecular formula is C23H21ClN4O5S. The summed E-state index contributed by atoms with van der Waals surface area (Å²) in [7, 11) is 2.46. The summed E-state index contributed by atoms with van der Waals surface area (Å²) < 4.78 is 11.3. The van der Waals surface area contributed by atoms with Crippen molar-refractivity contribution in [3.8, 4) is 11.4 Å². The number of hydrogen-bond acceptors (Lipinski definition) is 8. The van der Waals surface area contributed by atoms with Gasteiger partial charge in [-0.3, -0.25) is 9.36 Å². The number of thioether (sulfide) groups is 1. The number of carbonyl (C=O) groups is 3. The molecule has 0 fully saturated rings. The molecule has 34 heavy (non-hydrogen) atoms. The number of nitrogens with zero attached hydrogens (tertiary/aromatic N) is 3. The molecule has 0 aliphatic carbocycles. The second-order valence-corrected chi connectivity index (χ2v) is 8.18. The lowest BCUT2D eigenvalue weighted by molar-refractivity contribution is -0.113. The minimum absolute atomic E-state index is 0.0338. The zero-order valence-electron chi connectivity index (χ0n) is 18.4. The first kappa shape index (κ1) is 25.0. The summed E-state index contributed by atoms with van der Waals surface area (Å²) >= 11 is 7.26. The van der Waals surface area contributed by atoms with Gasteiger partial charge in [-0.1, -0.05) is 41.6 Å². The predicted molar refractivity (Wildman–Crippen MR) is 129 cm³/mol. The monoisotopic (exact) mass is 500 g/mol. The Kier molecular flexibility index (Phi) is 8.44. The molecule has 0 aliphatic heterocycles. The summed E-state index contributed by atoms with van der Waals surface area (Å²) in [6.45, 7) is 4.19. The summed E-state index contributed by atoms with van der Waals surface area (Å²) in [5.74, 6) is -1.13. The van der Waals surface area contributed by atoms with Crippen molar-refractivity contribution in [1.29, 1.82) is 0 Å². The number of amides is 1. The minimum Gasteiger partial charge on any atom is -0.465 e. The first-order chi connectivity index (χ1) is 16.4. The fourth-order valence-corrected chi connectivity index (χ4v) is 3.97. The molecule has 3 aromatic rings. The van der Waals surface area contributed by atoms with Crippen LogP contribution in [0.25, 0.3) is 11.4 Å². The molecule has 176 valence electrons. The Labute approximate surface area is 205 Å². The van der Waals surface area contributed by atoms with Gasteiger partial charge in [0.25, 0.3) is 0 Å². The van der Waals surface area contributed by atoms with E-state index < -0.39 is 17.8 Å². The summed E-state index contributed by atoms with van der Waals surface area (Å²) in [5, 5.41) is 12.2. The van der Waals surface area contributed by atoms with Gasteiger partial charge in [0.2, 0.25) is 5.91 Å². The largest absolute Gasteiger partial charge is 0.465 e. The molecule has 0 saturated heterocycles. The van der Waals surface area contributed by atoms with Crippen LogP contribution in [0.3, 0.4) is 0 Å². The van der Waals surface area contributed by atoms with E-state index >= 15 is 0 Å². The van der Waals surface area contributed by atoms with Gasteiger partial charge in [-0.25, -0.2) is 9.59 Å². The Hall–Kier alpha value is -3.63. The normalized spacial score (nSPS) is 10.4. The molecule has 0 atom stereocenters. The van der Waals surface area contributed by atoms with Crippen LogP contribution in [0.1, 0.15) is 20.7 Å². The Morgan fingerprint density at radius 1 is 1.12 bits per heavy atom. The molecule has 1 heterocycles. The highest BCUT2D eigenvalue weighted by Crippen LogP contribution is 2.26. The van der Waals surface area contributed by atoms with Crippen molar-refractivity contribution in [2.24, 2.45) is 0 Å². The van der Waals surface area contributed by atoms with Crippen molar-refractivity contribution in [2.45, 2.75) is 11.7 Å². The van der Waals surface area contributed by atoms with Crippen LogP contribution in [0.5, 0.6) is 0 Å². The standard InChI is InChI=1S/C23H21ClN4O5S/c1-4-10-28-20(14-6-5-7-16(24)11-14)26-27-23(28)34-13-19(29)25-18-12-15(21(30)32-2)8-9-17(18)22(31)33-3/h4-9,11-12H,1,10,13H2,2-3H3,(H,25,29). The molecule has 1 N–H and O–H groups in total. The SMILES string of the molecule is C=CCn1c(SCC(=O)Nc2cc(C(=O)OC)ccc2C(=O)OC)nnc1-c1cccc(Cl)c1. The fourth-order valence-electron chi connectivity index (χ4n) is 3.03. The number of allylic oxidation sites excluding steroid dienone is 1. The lowest BCUT2D eigenvalue weighted by Crippen LogP contribution is -2.18. The van der Waals surface area contributed by atoms with Crippen LogP contribution in [-0.4, -0.2) is 52.6 Å². The number of nitrogens with one attached hydrogen (secondary N) is 1. The first-order valence-corrected chi connectivity index (χ1v) is 11.3. The molecule has 0 aliphatic rings. The minimum atomic E-state index is -0.656. The summed E-state index contributed by atoms with van der Waals surface area (Å²) in [4.78, 5) is 36.6. The van der Waals surface area contributed by atoms with Crippen molar-refractivity contribution in [2.75, 3.05) is 25.3 Å². The van der Waals surface area contributed by atoms with Gasteiger partial charge in [0, 0.05) is 17.1 Å². The van der Waals surface area contributed by atoms with E-state index in [1.165, 1.54) is 32.4 Å². The van der Waals surface area contributed by atoms with Crippen LogP contribution in [0.2, 0.25) is 5.02 Å². The summed E-state index contributed by atoms with van der Waals surface area (Å²) in [6.07, 6.45) is 1.70. The van der Waals surface area contributed by atoms with Crippen LogP contribution in [-0.2, 0) is 20.8 Å². The van der Waals surface area contributed by atoms with Crippen LogP contribution >= 0.6 is 23.4 Å². The Balaban J connectivity index is 1.79. The molecule has 0 saturated carbocycles. The summed E-state index contributed by atoms with van der Waals surface area (Å²) in [6, 6.07) is 11.4. The highest BCUT2D eigenvalue weighted by molar-refractivity contribution is 7.99. The molecule has 0 bridgehead atoms. The molecule has 2 aromatic carbocycles. The van der Waals surface area contributed by atoms with Gasteiger partial charge in [0.1, 0.15) is 0 Å². The zero-order valence-corrected chi connectivity index (χ0v) is 20.0. The second-order valence-electron chi connectivity index (χ2n) is 6.80. The number of hydrogen-bond donors (Lipinski definition) is 1. The number of methoxy groups -OCH3 is 2. The number of anilines is 1. The van der Waals surface area contributed by atoms with E-state index in [2.05, 4.69) is 22.1 Å². The van der Waals surface area contributed by atoms with Gasteiger partial charge >= 0.3 is 11.9 Å². The molecule has 11 heteroatoms. The van der Waals surface area contributed by atoms with Gasteiger partial charge in [-0.2, -0.15) is 0 Å². The fraction of sp³-hybridized carbons (Fsp3) is 0.174. The van der Waals surface area contributed by atoms with Crippen LogP contribution in [0.4, 0.5) is 5.69 Å². The number of carbonyl (C=O) groups excluding carboxylic acids is 3. The van der Waals surface area contributed by atoms with E-state index in [9.17, 15) is 14.4 Å².